The van der Waals surface area contributed by atoms with Crippen LogP contribution in [-0.2, 0) is 16.1 Å². The van der Waals surface area contributed by atoms with E-state index in [0.29, 0.717) is 10.6 Å². The van der Waals surface area contributed by atoms with Gasteiger partial charge in [-0.15, -0.1) is 0 Å². The van der Waals surface area contributed by atoms with Crippen molar-refractivity contribution in [1.29, 1.82) is 0 Å². The minimum absolute atomic E-state index is 0.0347. The van der Waals surface area contributed by atoms with Gasteiger partial charge in [-0.25, -0.2) is 4.79 Å². The quantitative estimate of drug-likeness (QED) is 0.334. The predicted molar refractivity (Wildman–Crippen MR) is 103 cm³/mol. The van der Waals surface area contributed by atoms with Crippen molar-refractivity contribution in [2.24, 2.45) is 5.11 Å². The number of nitrogens with zero attached hydrogens (tertiary/aromatic N) is 5. The molecular weight excluding hydrogens is 405 g/mol. The van der Waals surface area contributed by atoms with Crippen LogP contribution in [0.25, 0.3) is 10.4 Å². The molecule has 0 spiro atoms. The molecule has 0 bridgehead atoms. The Labute approximate surface area is 172 Å². The van der Waals surface area contributed by atoms with Crippen molar-refractivity contribution in [3.05, 3.63) is 45.3 Å². The Bertz CT molecular complexity index is 827. The number of β-amino-alcohol motifs (C(OH)–C–C–N with tert-alkyl or cyclic N) is 1. The Hall–Kier alpha value is -2.55. The van der Waals surface area contributed by atoms with E-state index in [1.54, 1.807) is 39.0 Å². The molecule has 1 fully saturated rings. The zero-order valence-corrected chi connectivity index (χ0v) is 17.1. The number of halogens is 2. The van der Waals surface area contributed by atoms with Crippen LogP contribution in [0.1, 0.15) is 32.8 Å². The number of hydrogen-bond acceptors (Lipinski definition) is 5. The van der Waals surface area contributed by atoms with Gasteiger partial charge in [-0.05, 0) is 44.0 Å². The number of likely N-dealkylation sites (tertiary alicyclic amines) is 1. The van der Waals surface area contributed by atoms with Gasteiger partial charge in [0.25, 0.3) is 5.91 Å². The topological polar surface area (TPSA) is 119 Å². The minimum atomic E-state index is -1.67. The normalized spacial score (nSPS) is 21.4. The number of benzene rings is 1. The first-order valence-electron chi connectivity index (χ1n) is 8.88. The first-order chi connectivity index (χ1) is 13.4. The molecule has 2 amide bonds. The fourth-order valence-electron chi connectivity index (χ4n) is 3.01. The van der Waals surface area contributed by atoms with Crippen molar-refractivity contribution in [2.75, 3.05) is 13.1 Å². The molecule has 1 aromatic carbocycles. The van der Waals surface area contributed by atoms with Crippen molar-refractivity contribution >= 4 is 23.6 Å². The summed E-state index contributed by atoms with van der Waals surface area (Å²) in [6.07, 6.45) is -1.16. The Morgan fingerprint density at radius 3 is 2.79 bits per heavy atom. The molecular formula is C18H23ClFN5O4. The van der Waals surface area contributed by atoms with Crippen LogP contribution >= 0.6 is 11.6 Å². The summed E-state index contributed by atoms with van der Waals surface area (Å²) in [4.78, 5) is 28.8. The van der Waals surface area contributed by atoms with Crippen LogP contribution < -0.4 is 0 Å². The average molecular weight is 428 g/mol. The second-order valence-corrected chi connectivity index (χ2v) is 8.37. The third-order valence-electron chi connectivity index (χ3n) is 4.21. The lowest BCUT2D eigenvalue weighted by Crippen LogP contribution is -2.47. The minimum Gasteiger partial charge on any atom is -0.444 e. The number of ether oxygens (including phenoxy) is 1. The summed E-state index contributed by atoms with van der Waals surface area (Å²) in [5.74, 6) is -1.02. The fraction of sp³-hybridized carbons (Fsp3) is 0.556. The molecule has 0 unspecified atom stereocenters. The van der Waals surface area contributed by atoms with Gasteiger partial charge in [0, 0.05) is 16.4 Å². The van der Waals surface area contributed by atoms with Crippen molar-refractivity contribution in [2.45, 2.75) is 51.0 Å². The highest BCUT2D eigenvalue weighted by molar-refractivity contribution is 6.30. The molecule has 0 aliphatic carbocycles. The number of aliphatic hydroxyl groups is 1. The molecule has 158 valence electrons. The first-order valence-corrected chi connectivity index (χ1v) is 9.26. The van der Waals surface area contributed by atoms with E-state index in [1.807, 2.05) is 0 Å². The number of hydrogen-bond donors (Lipinski definition) is 1. The van der Waals surface area contributed by atoms with Crippen LogP contribution in [0.5, 0.6) is 0 Å². The van der Waals surface area contributed by atoms with Gasteiger partial charge < -0.3 is 9.84 Å². The molecule has 1 aliphatic heterocycles. The number of azide groups is 1. The molecule has 9 nitrogen and oxygen atoms in total. The third kappa shape index (κ3) is 6.22. The van der Waals surface area contributed by atoms with E-state index in [2.05, 4.69) is 10.0 Å². The monoisotopic (exact) mass is 427 g/mol. The van der Waals surface area contributed by atoms with Crippen molar-refractivity contribution < 1.29 is 23.9 Å². The van der Waals surface area contributed by atoms with E-state index in [4.69, 9.17) is 21.9 Å². The van der Waals surface area contributed by atoms with Gasteiger partial charge in [-0.3, -0.25) is 9.69 Å². The van der Waals surface area contributed by atoms with Gasteiger partial charge in [0.2, 0.25) is 0 Å². The summed E-state index contributed by atoms with van der Waals surface area (Å²) in [6, 6.07) is 5.04. The van der Waals surface area contributed by atoms with Crippen LogP contribution in [0.15, 0.2) is 29.4 Å². The van der Waals surface area contributed by atoms with E-state index in [-0.39, 0.29) is 31.2 Å². The van der Waals surface area contributed by atoms with Gasteiger partial charge in [-0.2, -0.15) is 5.12 Å². The van der Waals surface area contributed by atoms with Crippen LogP contribution in [0.2, 0.25) is 5.02 Å². The zero-order chi connectivity index (χ0) is 21.8. The Kier molecular flexibility index (Phi) is 6.94. The summed E-state index contributed by atoms with van der Waals surface area (Å²) in [5.41, 5.74) is 6.45. The number of rotatable bonds is 5. The summed E-state index contributed by atoms with van der Waals surface area (Å²) < 4.78 is 19.9. The van der Waals surface area contributed by atoms with E-state index in [0.717, 1.165) is 4.90 Å². The maximum Gasteiger partial charge on any atom is 0.411 e. The third-order valence-corrected chi connectivity index (χ3v) is 4.44. The highest BCUT2D eigenvalue weighted by Crippen LogP contribution is 2.31. The molecule has 1 saturated heterocycles. The van der Waals surface area contributed by atoms with E-state index in [1.165, 1.54) is 6.07 Å². The molecule has 1 aromatic rings. The number of carbonyl (C=O) groups excluding carboxylic acids is 2. The Balaban J connectivity index is 2.22. The van der Waals surface area contributed by atoms with Crippen LogP contribution in [0.3, 0.4) is 0 Å². The first kappa shape index (κ1) is 22.7. The maximum atomic E-state index is 14.6. The molecule has 29 heavy (non-hydrogen) atoms. The summed E-state index contributed by atoms with van der Waals surface area (Å²) >= 11 is 5.88. The number of amides is 2. The predicted octanol–water partition coefficient (Wildman–Crippen LogP) is 3.60. The Morgan fingerprint density at radius 1 is 1.52 bits per heavy atom. The molecule has 2 atom stereocenters. The van der Waals surface area contributed by atoms with Gasteiger partial charge in [-0.1, -0.05) is 33.3 Å². The Morgan fingerprint density at radius 2 is 2.21 bits per heavy atom. The van der Waals surface area contributed by atoms with Gasteiger partial charge in [0.05, 0.1) is 25.2 Å². The van der Waals surface area contributed by atoms with Crippen LogP contribution in [0.4, 0.5) is 9.28 Å². The lowest BCUT2D eigenvalue weighted by Gasteiger charge is -2.28. The van der Waals surface area contributed by atoms with E-state index >= 15 is 0 Å². The van der Waals surface area contributed by atoms with Gasteiger partial charge >= 0.3 is 6.09 Å². The SMILES string of the molecule is CC(C)(C)OC(=O)N1C[C@@](O)(CN=[N+]=[N-])C[C@H]1C(=O)N(F)Cc1cccc(Cl)c1. The van der Waals surface area contributed by atoms with Crippen molar-refractivity contribution in [1.82, 2.24) is 10.0 Å². The highest BCUT2D eigenvalue weighted by Gasteiger charge is 2.50. The van der Waals surface area contributed by atoms with Crippen LogP contribution in [0, 0.1) is 0 Å². The van der Waals surface area contributed by atoms with Gasteiger partial charge in [0.1, 0.15) is 11.6 Å². The molecule has 11 heteroatoms. The zero-order valence-electron chi connectivity index (χ0n) is 16.4. The van der Waals surface area contributed by atoms with E-state index in [9.17, 15) is 19.2 Å². The van der Waals surface area contributed by atoms with Crippen molar-refractivity contribution in [3.63, 3.8) is 0 Å². The lowest BCUT2D eigenvalue weighted by atomic mass is 10.0. The van der Waals surface area contributed by atoms with Crippen molar-refractivity contribution in [3.8, 4) is 0 Å². The van der Waals surface area contributed by atoms with Gasteiger partial charge in [0.15, 0.2) is 0 Å². The smallest absolute Gasteiger partial charge is 0.411 e. The highest BCUT2D eigenvalue weighted by atomic mass is 35.5. The molecule has 2 rings (SSSR count). The molecule has 0 saturated carbocycles. The number of carbonyl (C=O) groups is 2. The molecule has 0 radical (unpaired) electrons. The molecule has 0 aromatic heterocycles. The fourth-order valence-corrected chi connectivity index (χ4v) is 3.22. The van der Waals surface area contributed by atoms with Crippen LogP contribution in [-0.4, -0.2) is 57.5 Å². The largest absolute Gasteiger partial charge is 0.444 e. The van der Waals surface area contributed by atoms with E-state index < -0.39 is 29.2 Å². The second kappa shape index (κ2) is 8.86. The summed E-state index contributed by atoms with van der Waals surface area (Å²) in [6.45, 7) is 3.85. The standard InChI is InChI=1S/C18H23ClFN5O4/c1-17(2,3)29-16(27)24-11-18(28,10-22-23-21)8-14(24)15(26)25(20)9-12-5-4-6-13(19)7-12/h4-7,14,28H,8-11H2,1-3H3/t14-,18-/m0/s1. The average Bonchev–Trinajstić information content (AvgIpc) is 2.96. The summed E-state index contributed by atoms with van der Waals surface area (Å²) in [5, 5.41) is 14.3. The lowest BCUT2D eigenvalue weighted by molar-refractivity contribution is -0.153. The second-order valence-electron chi connectivity index (χ2n) is 7.93. The molecule has 1 heterocycles. The molecule has 1 N–H and O–H groups in total. The summed E-state index contributed by atoms with van der Waals surface area (Å²) in [7, 11) is 0. The molecule has 1 aliphatic rings. The maximum absolute atomic E-state index is 14.6.